The van der Waals surface area contributed by atoms with Crippen LogP contribution < -0.4 is 4.74 Å². The van der Waals surface area contributed by atoms with Crippen LogP contribution in [0.25, 0.3) is 10.8 Å². The maximum atomic E-state index is 9.75. The number of aliphatic hydroxyl groups is 1. The number of alkyl halides is 1. The summed E-state index contributed by atoms with van der Waals surface area (Å²) in [7, 11) is -1.37. The second-order valence-electron chi connectivity index (χ2n) is 6.48. The molecule has 3 nitrogen and oxygen atoms in total. The summed E-state index contributed by atoms with van der Waals surface area (Å²) in [5, 5.41) is 11.7. The van der Waals surface area contributed by atoms with Gasteiger partial charge in [0.2, 0.25) is 0 Å². The van der Waals surface area contributed by atoms with Gasteiger partial charge in [0, 0.05) is 16.7 Å². The number of halogens is 1. The Hall–Kier alpha value is -1.07. The average molecular weight is 339 g/mol. The quantitative estimate of drug-likeness (QED) is 0.472. The molecular weight excluding hydrogens is 316 g/mol. The van der Waals surface area contributed by atoms with Crippen molar-refractivity contribution in [1.82, 2.24) is 0 Å². The van der Waals surface area contributed by atoms with E-state index in [-0.39, 0.29) is 12.5 Å². The third kappa shape index (κ3) is 4.01. The van der Waals surface area contributed by atoms with Gasteiger partial charge in [-0.2, -0.15) is 0 Å². The molecule has 0 spiro atoms. The van der Waals surface area contributed by atoms with Gasteiger partial charge in [0.15, 0.2) is 12.4 Å². The molecule has 0 amide bonds. The zero-order valence-corrected chi connectivity index (χ0v) is 15.2. The Morgan fingerprint density at radius 1 is 1.14 bits per heavy atom. The van der Waals surface area contributed by atoms with Crippen molar-refractivity contribution < 1.29 is 14.6 Å². The highest BCUT2D eigenvalue weighted by molar-refractivity contribution is 6.77. The third-order valence-electron chi connectivity index (χ3n) is 3.91. The molecule has 2 rings (SSSR count). The molecule has 0 fully saturated rings. The van der Waals surface area contributed by atoms with Gasteiger partial charge in [-0.05, 0) is 12.3 Å². The highest BCUT2D eigenvalue weighted by atomic mass is 35.5. The lowest BCUT2D eigenvalue weighted by molar-refractivity contribution is 0.0000565. The minimum absolute atomic E-state index is 0.149. The lowest BCUT2D eigenvalue weighted by Crippen LogP contribution is -2.38. The number of hydrogen-bond acceptors (Lipinski definition) is 3. The second kappa shape index (κ2) is 7.00. The predicted octanol–water partition coefficient (Wildman–Crippen LogP) is 4.69. The largest absolute Gasteiger partial charge is 0.466 e. The minimum atomic E-state index is -1.37. The van der Waals surface area contributed by atoms with Crippen LogP contribution in [0.4, 0.5) is 0 Å². The molecule has 0 heterocycles. The summed E-state index contributed by atoms with van der Waals surface area (Å²) in [5.41, 5.74) is -0.356. The van der Waals surface area contributed by atoms with Crippen molar-refractivity contribution in [2.24, 2.45) is 0 Å². The summed E-state index contributed by atoms with van der Waals surface area (Å²) in [6.07, 6.45) is 0. The molecule has 0 radical (unpaired) electrons. The Morgan fingerprint density at radius 2 is 1.82 bits per heavy atom. The highest BCUT2D eigenvalue weighted by Crippen LogP contribution is 2.35. The first-order chi connectivity index (χ1) is 10.3. The van der Waals surface area contributed by atoms with E-state index >= 15 is 0 Å². The van der Waals surface area contributed by atoms with Gasteiger partial charge >= 0.3 is 0 Å². The average Bonchev–Trinajstić information content (AvgIpc) is 2.45. The molecule has 2 atom stereocenters. The number of rotatable bonds is 6. The molecule has 2 aromatic carbocycles. The summed E-state index contributed by atoms with van der Waals surface area (Å²) in [4.78, 5) is 0. The molecule has 120 valence electrons. The fraction of sp³-hybridized carbons (Fsp3) is 0.412. The fourth-order valence-corrected chi connectivity index (χ4v) is 2.79. The predicted molar refractivity (Wildman–Crippen MR) is 94.1 cm³/mol. The van der Waals surface area contributed by atoms with E-state index in [0.717, 1.165) is 10.8 Å². The van der Waals surface area contributed by atoms with Crippen LogP contribution in [-0.4, -0.2) is 25.7 Å². The molecule has 0 aliphatic heterocycles. The van der Waals surface area contributed by atoms with Crippen molar-refractivity contribution in [2.75, 3.05) is 6.79 Å². The monoisotopic (exact) mass is 338 g/mol. The van der Waals surface area contributed by atoms with Crippen LogP contribution in [-0.2, 0) is 4.74 Å². The van der Waals surface area contributed by atoms with Crippen LogP contribution in [0.15, 0.2) is 36.4 Å². The molecule has 0 saturated heterocycles. The van der Waals surface area contributed by atoms with E-state index in [1.807, 2.05) is 30.3 Å². The molecule has 2 aromatic rings. The van der Waals surface area contributed by atoms with Crippen molar-refractivity contribution in [3.05, 3.63) is 42.0 Å². The van der Waals surface area contributed by atoms with E-state index in [2.05, 4.69) is 26.6 Å². The second-order valence-corrected chi connectivity index (χ2v) is 12.4. The zero-order valence-electron chi connectivity index (χ0n) is 13.5. The summed E-state index contributed by atoms with van der Waals surface area (Å²) in [6.45, 7) is 8.99. The normalized spacial score (nSPS) is 14.8. The van der Waals surface area contributed by atoms with Crippen LogP contribution in [0.3, 0.4) is 0 Å². The third-order valence-corrected chi connectivity index (χ3v) is 6.75. The first kappa shape index (κ1) is 17.3. The Morgan fingerprint density at radius 3 is 2.45 bits per heavy atom. The van der Waals surface area contributed by atoms with E-state index in [0.29, 0.717) is 11.3 Å². The smallest absolute Gasteiger partial charge is 0.189 e. The molecule has 0 aromatic heterocycles. The van der Waals surface area contributed by atoms with Crippen LogP contribution in [0.2, 0.25) is 19.6 Å². The lowest BCUT2D eigenvalue weighted by Gasteiger charge is -2.25. The summed E-state index contributed by atoms with van der Waals surface area (Å²) < 4.78 is 11.6. The number of aliphatic hydroxyl groups excluding tert-OH is 1. The Kier molecular flexibility index (Phi) is 5.50. The van der Waals surface area contributed by atoms with E-state index in [4.69, 9.17) is 21.1 Å². The van der Waals surface area contributed by atoms with Crippen molar-refractivity contribution in [1.29, 1.82) is 0 Å². The van der Waals surface area contributed by atoms with E-state index < -0.39 is 13.6 Å². The van der Waals surface area contributed by atoms with Gasteiger partial charge < -0.3 is 14.6 Å². The lowest BCUT2D eigenvalue weighted by atomic mass is 10.1. The van der Waals surface area contributed by atoms with Crippen LogP contribution in [0.5, 0.6) is 5.75 Å². The standard InChI is InChI=1S/C17H23ClO3Si/c1-12(22(2,3)4)20-11-21-16-14-8-6-5-7-13(14)9-10-15(16)17(18)19/h5-10,12,17,19H,11H2,1-4H3. The summed E-state index contributed by atoms with van der Waals surface area (Å²) in [5.74, 6) is 0.586. The molecular formula is C17H23ClO3Si. The zero-order chi connectivity index (χ0) is 16.3. The Labute approximate surface area is 137 Å². The molecule has 1 N–H and O–H groups in total. The molecule has 2 unspecified atom stereocenters. The molecule has 0 bridgehead atoms. The van der Waals surface area contributed by atoms with Crippen molar-refractivity contribution >= 4 is 30.4 Å². The molecule has 0 saturated carbocycles. The van der Waals surface area contributed by atoms with Gasteiger partial charge in [-0.1, -0.05) is 67.6 Å². The van der Waals surface area contributed by atoms with Gasteiger partial charge in [0.25, 0.3) is 0 Å². The van der Waals surface area contributed by atoms with Gasteiger partial charge in [0.05, 0.1) is 8.07 Å². The number of benzene rings is 2. The maximum Gasteiger partial charge on any atom is 0.189 e. The van der Waals surface area contributed by atoms with E-state index in [1.54, 1.807) is 6.07 Å². The van der Waals surface area contributed by atoms with Gasteiger partial charge in [0.1, 0.15) is 5.75 Å². The van der Waals surface area contributed by atoms with Crippen LogP contribution in [0.1, 0.15) is 18.1 Å². The first-order valence-electron chi connectivity index (χ1n) is 7.39. The number of ether oxygens (including phenoxy) is 2. The fourth-order valence-electron chi connectivity index (χ4n) is 2.05. The van der Waals surface area contributed by atoms with Crippen molar-refractivity contribution in [3.8, 4) is 5.75 Å². The summed E-state index contributed by atoms with van der Waals surface area (Å²) >= 11 is 5.86. The van der Waals surface area contributed by atoms with Crippen molar-refractivity contribution in [2.45, 2.75) is 37.9 Å². The molecule has 5 heteroatoms. The Balaban J connectivity index is 2.23. The van der Waals surface area contributed by atoms with Crippen LogP contribution in [0, 0.1) is 0 Å². The number of hydrogen-bond donors (Lipinski definition) is 1. The van der Waals surface area contributed by atoms with Crippen molar-refractivity contribution in [3.63, 3.8) is 0 Å². The van der Waals surface area contributed by atoms with E-state index in [9.17, 15) is 5.11 Å². The topological polar surface area (TPSA) is 38.7 Å². The van der Waals surface area contributed by atoms with Gasteiger partial charge in [-0.15, -0.1) is 0 Å². The SMILES string of the molecule is CC(OCOc1c(C(O)Cl)ccc2ccccc12)[Si](C)(C)C. The molecule has 0 aliphatic carbocycles. The minimum Gasteiger partial charge on any atom is -0.466 e. The summed E-state index contributed by atoms with van der Waals surface area (Å²) in [6, 6.07) is 11.6. The van der Waals surface area contributed by atoms with Gasteiger partial charge in [-0.3, -0.25) is 0 Å². The van der Waals surface area contributed by atoms with E-state index in [1.165, 1.54) is 0 Å². The van der Waals surface area contributed by atoms with Crippen LogP contribution >= 0.6 is 11.6 Å². The maximum absolute atomic E-state index is 9.75. The van der Waals surface area contributed by atoms with Gasteiger partial charge in [-0.25, -0.2) is 0 Å². The molecule has 22 heavy (non-hydrogen) atoms. The highest BCUT2D eigenvalue weighted by Gasteiger charge is 2.23. The first-order valence-corrected chi connectivity index (χ1v) is 11.4. The molecule has 0 aliphatic rings. The number of fused-ring (bicyclic) bond motifs is 1. The Bertz CT molecular complexity index is 637.